The minimum Gasteiger partial charge on any atom is -0.497 e. The highest BCUT2D eigenvalue weighted by molar-refractivity contribution is 6.03. The normalized spacial score (nSPS) is 19.7. The van der Waals surface area contributed by atoms with Gasteiger partial charge in [0.15, 0.2) is 0 Å². The molecular formula is C26H26N4O5. The van der Waals surface area contributed by atoms with Gasteiger partial charge in [-0.1, -0.05) is 12.1 Å². The van der Waals surface area contributed by atoms with Gasteiger partial charge in [-0.2, -0.15) is 0 Å². The molecule has 2 aromatic carbocycles. The van der Waals surface area contributed by atoms with Crippen molar-refractivity contribution in [1.29, 1.82) is 0 Å². The Bertz CT molecular complexity index is 1430. The van der Waals surface area contributed by atoms with Crippen molar-refractivity contribution in [3.05, 3.63) is 63.7 Å². The van der Waals surface area contributed by atoms with Gasteiger partial charge in [0, 0.05) is 6.42 Å². The van der Waals surface area contributed by atoms with Gasteiger partial charge in [0.2, 0.25) is 17.7 Å². The number of nitrogens with one attached hydrogen (secondary N) is 2. The Morgan fingerprint density at radius 2 is 1.97 bits per heavy atom. The molecule has 2 atom stereocenters. The molecule has 1 aromatic heterocycles. The lowest BCUT2D eigenvalue weighted by molar-refractivity contribution is -0.135. The van der Waals surface area contributed by atoms with Gasteiger partial charge in [-0.25, -0.2) is 4.98 Å². The fourth-order valence-electron chi connectivity index (χ4n) is 5.14. The average molecular weight is 475 g/mol. The number of carbonyl (C=O) groups excluding carboxylic acids is 3. The molecule has 1 aliphatic heterocycles. The van der Waals surface area contributed by atoms with E-state index in [9.17, 15) is 19.2 Å². The van der Waals surface area contributed by atoms with Crippen LogP contribution in [-0.4, -0.2) is 34.4 Å². The standard InChI is InChI=1S/C26H26N4O5/c1-14-27-23-19(26(34)30(14)21-11-12-22(31)29-25(21)33)7-4-8-20(23)28-24(32)18-6-3-5-15-13-16(35-2)9-10-17(15)18/h4,7-10,13,18,21H,3,5-6,11-12H2,1-2H3,(H,28,32)(H,29,31,33). The van der Waals surface area contributed by atoms with Gasteiger partial charge < -0.3 is 10.1 Å². The number of para-hydroxylation sites is 1. The summed E-state index contributed by atoms with van der Waals surface area (Å²) in [4.78, 5) is 55.2. The largest absolute Gasteiger partial charge is 0.497 e. The minimum absolute atomic E-state index is 0.155. The summed E-state index contributed by atoms with van der Waals surface area (Å²) in [6, 6.07) is 10.0. The monoisotopic (exact) mass is 474 g/mol. The van der Waals surface area contributed by atoms with E-state index in [4.69, 9.17) is 4.74 Å². The quantitative estimate of drug-likeness (QED) is 0.561. The first-order valence-corrected chi connectivity index (χ1v) is 11.7. The molecule has 2 unspecified atom stereocenters. The summed E-state index contributed by atoms with van der Waals surface area (Å²) in [6.07, 6.45) is 2.91. The van der Waals surface area contributed by atoms with Gasteiger partial charge >= 0.3 is 0 Å². The number of ether oxygens (including phenoxy) is 1. The lowest BCUT2D eigenvalue weighted by Crippen LogP contribution is -2.45. The van der Waals surface area contributed by atoms with Crippen molar-refractivity contribution in [2.24, 2.45) is 0 Å². The molecule has 0 saturated carbocycles. The molecule has 1 aliphatic carbocycles. The number of hydrogen-bond acceptors (Lipinski definition) is 6. The van der Waals surface area contributed by atoms with E-state index in [2.05, 4.69) is 15.6 Å². The molecule has 0 spiro atoms. The molecule has 2 N–H and O–H groups in total. The molecule has 5 rings (SSSR count). The van der Waals surface area contributed by atoms with Crippen LogP contribution in [0.3, 0.4) is 0 Å². The Hall–Kier alpha value is -4.01. The van der Waals surface area contributed by atoms with E-state index in [1.807, 2.05) is 18.2 Å². The second-order valence-electron chi connectivity index (χ2n) is 9.00. The Balaban J connectivity index is 1.49. The van der Waals surface area contributed by atoms with Crippen LogP contribution in [0, 0.1) is 6.92 Å². The summed E-state index contributed by atoms with van der Waals surface area (Å²) < 4.78 is 6.66. The summed E-state index contributed by atoms with van der Waals surface area (Å²) >= 11 is 0. The molecule has 2 heterocycles. The average Bonchev–Trinajstić information content (AvgIpc) is 2.85. The van der Waals surface area contributed by atoms with Crippen LogP contribution in [-0.2, 0) is 20.8 Å². The third kappa shape index (κ3) is 4.07. The molecule has 35 heavy (non-hydrogen) atoms. The Kier molecular flexibility index (Phi) is 5.84. The van der Waals surface area contributed by atoms with E-state index in [0.717, 1.165) is 36.1 Å². The maximum Gasteiger partial charge on any atom is 0.262 e. The number of nitrogens with zero attached hydrogens (tertiary/aromatic N) is 2. The van der Waals surface area contributed by atoms with Crippen molar-refractivity contribution in [3.8, 4) is 5.75 Å². The van der Waals surface area contributed by atoms with Crippen LogP contribution in [0.5, 0.6) is 5.75 Å². The number of methoxy groups -OCH3 is 1. The fourth-order valence-corrected chi connectivity index (χ4v) is 5.14. The number of hydrogen-bond donors (Lipinski definition) is 2. The number of piperidine rings is 1. The van der Waals surface area contributed by atoms with Crippen LogP contribution < -0.4 is 20.9 Å². The summed E-state index contributed by atoms with van der Waals surface area (Å²) in [5.74, 6) is -0.218. The Morgan fingerprint density at radius 3 is 2.74 bits per heavy atom. The number of imide groups is 1. The zero-order chi connectivity index (χ0) is 24.7. The first-order valence-electron chi connectivity index (χ1n) is 11.7. The van der Waals surface area contributed by atoms with E-state index in [1.54, 1.807) is 32.2 Å². The predicted molar refractivity (Wildman–Crippen MR) is 129 cm³/mol. The highest BCUT2D eigenvalue weighted by Crippen LogP contribution is 2.35. The molecule has 3 amide bonds. The van der Waals surface area contributed by atoms with Gasteiger partial charge in [0.05, 0.1) is 24.1 Å². The van der Waals surface area contributed by atoms with Gasteiger partial charge in [-0.05, 0) is 68.0 Å². The van der Waals surface area contributed by atoms with Crippen LogP contribution in [0.25, 0.3) is 10.9 Å². The number of aryl methyl sites for hydroxylation is 2. The molecule has 0 radical (unpaired) electrons. The van der Waals surface area contributed by atoms with E-state index >= 15 is 0 Å². The zero-order valence-corrected chi connectivity index (χ0v) is 19.6. The highest BCUT2D eigenvalue weighted by Gasteiger charge is 2.31. The van der Waals surface area contributed by atoms with E-state index in [-0.39, 0.29) is 36.1 Å². The smallest absolute Gasteiger partial charge is 0.262 e. The first-order chi connectivity index (χ1) is 16.9. The lowest BCUT2D eigenvalue weighted by atomic mass is 9.82. The second-order valence-corrected chi connectivity index (χ2v) is 9.00. The van der Waals surface area contributed by atoms with Gasteiger partial charge in [-0.3, -0.25) is 29.1 Å². The third-order valence-electron chi connectivity index (χ3n) is 6.87. The molecule has 9 heteroatoms. The molecule has 9 nitrogen and oxygen atoms in total. The van der Waals surface area contributed by atoms with Crippen LogP contribution in [0.1, 0.15) is 54.6 Å². The van der Waals surface area contributed by atoms with Crippen molar-refractivity contribution in [2.45, 2.75) is 51.0 Å². The van der Waals surface area contributed by atoms with Crippen molar-refractivity contribution in [2.75, 3.05) is 12.4 Å². The zero-order valence-electron chi connectivity index (χ0n) is 19.6. The summed E-state index contributed by atoms with van der Waals surface area (Å²) in [5, 5.41) is 5.57. The number of aromatic nitrogens is 2. The number of carbonyl (C=O) groups is 3. The van der Waals surface area contributed by atoms with Gasteiger partial charge in [-0.15, -0.1) is 0 Å². The topological polar surface area (TPSA) is 119 Å². The predicted octanol–water partition coefficient (Wildman–Crippen LogP) is 2.75. The number of amides is 3. The van der Waals surface area contributed by atoms with Crippen molar-refractivity contribution < 1.29 is 19.1 Å². The number of anilines is 1. The van der Waals surface area contributed by atoms with E-state index < -0.39 is 11.9 Å². The third-order valence-corrected chi connectivity index (χ3v) is 6.87. The molecular weight excluding hydrogens is 448 g/mol. The Morgan fingerprint density at radius 1 is 1.14 bits per heavy atom. The van der Waals surface area contributed by atoms with Gasteiger partial charge in [0.25, 0.3) is 5.56 Å². The molecule has 1 saturated heterocycles. The molecule has 1 fully saturated rings. The van der Waals surface area contributed by atoms with Crippen molar-refractivity contribution in [3.63, 3.8) is 0 Å². The van der Waals surface area contributed by atoms with E-state index in [1.165, 1.54) is 4.57 Å². The summed E-state index contributed by atoms with van der Waals surface area (Å²) in [5.41, 5.74) is 2.53. The minimum atomic E-state index is -0.800. The first kappa shape index (κ1) is 22.8. The van der Waals surface area contributed by atoms with Crippen LogP contribution in [0.2, 0.25) is 0 Å². The van der Waals surface area contributed by atoms with Crippen molar-refractivity contribution >= 4 is 34.3 Å². The fraction of sp³-hybridized carbons (Fsp3) is 0.346. The molecule has 3 aromatic rings. The van der Waals surface area contributed by atoms with Crippen LogP contribution >= 0.6 is 0 Å². The number of fused-ring (bicyclic) bond motifs is 2. The Labute approximate surface area is 201 Å². The van der Waals surface area contributed by atoms with Crippen LogP contribution in [0.15, 0.2) is 41.2 Å². The molecule has 2 aliphatic rings. The second kappa shape index (κ2) is 8.98. The van der Waals surface area contributed by atoms with E-state index in [0.29, 0.717) is 22.4 Å². The van der Waals surface area contributed by atoms with Crippen molar-refractivity contribution in [1.82, 2.24) is 14.9 Å². The number of benzene rings is 2. The molecule has 180 valence electrons. The maximum atomic E-state index is 13.4. The maximum absolute atomic E-state index is 13.4. The number of rotatable bonds is 4. The molecule has 0 bridgehead atoms. The highest BCUT2D eigenvalue weighted by atomic mass is 16.5. The van der Waals surface area contributed by atoms with Crippen LogP contribution in [0.4, 0.5) is 5.69 Å². The summed E-state index contributed by atoms with van der Waals surface area (Å²) in [7, 11) is 1.62. The SMILES string of the molecule is COc1ccc2c(c1)CCCC2C(=O)Nc1cccc2c(=O)n(C3CCC(=O)NC3=O)c(C)nc12. The van der Waals surface area contributed by atoms with Gasteiger partial charge in [0.1, 0.15) is 23.1 Å². The summed E-state index contributed by atoms with van der Waals surface area (Å²) in [6.45, 7) is 1.65. The lowest BCUT2D eigenvalue weighted by Gasteiger charge is -2.26.